The minimum atomic E-state index is -1.07. The molecular formula is C14H24N2O3. The molecule has 2 fully saturated rings. The van der Waals surface area contributed by atoms with E-state index >= 15 is 0 Å². The Morgan fingerprint density at radius 3 is 2.58 bits per heavy atom. The van der Waals surface area contributed by atoms with E-state index in [2.05, 4.69) is 17.6 Å². The lowest BCUT2D eigenvalue weighted by Gasteiger charge is -2.37. The molecule has 0 aliphatic heterocycles. The summed E-state index contributed by atoms with van der Waals surface area (Å²) in [7, 11) is 0. The Bertz CT molecular complexity index is 372. The van der Waals surface area contributed by atoms with Crippen molar-refractivity contribution in [3.8, 4) is 0 Å². The molecule has 0 heterocycles. The molecular weight excluding hydrogens is 244 g/mol. The summed E-state index contributed by atoms with van der Waals surface area (Å²) < 4.78 is 0. The highest BCUT2D eigenvalue weighted by Crippen LogP contribution is 2.37. The van der Waals surface area contributed by atoms with Crippen LogP contribution in [-0.2, 0) is 4.79 Å². The van der Waals surface area contributed by atoms with E-state index in [1.807, 2.05) is 6.92 Å². The summed E-state index contributed by atoms with van der Waals surface area (Å²) in [5, 5.41) is 15.0. The van der Waals surface area contributed by atoms with Gasteiger partial charge in [0.05, 0.1) is 0 Å². The summed E-state index contributed by atoms with van der Waals surface area (Å²) in [5.41, 5.74) is -1.07. The van der Waals surface area contributed by atoms with Gasteiger partial charge >= 0.3 is 12.0 Å². The number of carboxylic acid groups (broad SMARTS) is 1. The smallest absolute Gasteiger partial charge is 0.329 e. The van der Waals surface area contributed by atoms with Crippen molar-refractivity contribution in [2.45, 2.75) is 51.5 Å². The number of urea groups is 1. The van der Waals surface area contributed by atoms with Crippen molar-refractivity contribution in [1.29, 1.82) is 0 Å². The van der Waals surface area contributed by atoms with Gasteiger partial charge in [0.1, 0.15) is 5.54 Å². The Morgan fingerprint density at radius 1 is 1.37 bits per heavy atom. The molecule has 0 aromatic rings. The zero-order chi connectivity index (χ0) is 14.0. The second-order valence-corrected chi connectivity index (χ2v) is 6.40. The van der Waals surface area contributed by atoms with Crippen LogP contribution in [0, 0.1) is 17.8 Å². The van der Waals surface area contributed by atoms with Gasteiger partial charge in [-0.2, -0.15) is 0 Å². The van der Waals surface area contributed by atoms with Crippen molar-refractivity contribution in [1.82, 2.24) is 10.6 Å². The summed E-state index contributed by atoms with van der Waals surface area (Å²) in [4.78, 5) is 23.4. The second-order valence-electron chi connectivity index (χ2n) is 6.40. The summed E-state index contributed by atoms with van der Waals surface area (Å²) in [6.07, 6.45) is 4.10. The van der Waals surface area contributed by atoms with Crippen molar-refractivity contribution < 1.29 is 14.7 Å². The number of amides is 2. The van der Waals surface area contributed by atoms with Gasteiger partial charge in [-0.05, 0) is 37.0 Å². The van der Waals surface area contributed by atoms with E-state index in [1.165, 1.54) is 0 Å². The molecule has 3 N–H and O–H groups in total. The Morgan fingerprint density at radius 2 is 2.05 bits per heavy atom. The summed E-state index contributed by atoms with van der Waals surface area (Å²) in [6.45, 7) is 4.85. The van der Waals surface area contributed by atoms with Crippen LogP contribution in [0.15, 0.2) is 0 Å². The van der Waals surface area contributed by atoms with Crippen LogP contribution in [-0.4, -0.2) is 29.2 Å². The van der Waals surface area contributed by atoms with E-state index in [4.69, 9.17) is 0 Å². The van der Waals surface area contributed by atoms with Gasteiger partial charge in [-0.15, -0.1) is 0 Å². The molecule has 0 radical (unpaired) electrons. The fourth-order valence-electron chi connectivity index (χ4n) is 3.08. The number of carbonyl (C=O) groups excluding carboxylic acids is 1. The topological polar surface area (TPSA) is 78.4 Å². The minimum absolute atomic E-state index is 0.337. The van der Waals surface area contributed by atoms with Crippen molar-refractivity contribution in [2.75, 3.05) is 6.54 Å². The van der Waals surface area contributed by atoms with Crippen LogP contribution in [0.2, 0.25) is 0 Å². The number of rotatable bonds is 4. The van der Waals surface area contributed by atoms with E-state index in [-0.39, 0.29) is 6.03 Å². The molecule has 0 aromatic heterocycles. The predicted octanol–water partition coefficient (Wildman–Crippen LogP) is 1.98. The highest BCUT2D eigenvalue weighted by atomic mass is 16.4. The van der Waals surface area contributed by atoms with Gasteiger partial charge in [-0.1, -0.05) is 26.7 Å². The number of carboxylic acids is 1. The Hall–Kier alpha value is -1.26. The molecule has 0 aromatic carbocycles. The highest BCUT2D eigenvalue weighted by Gasteiger charge is 2.43. The van der Waals surface area contributed by atoms with Crippen LogP contribution < -0.4 is 10.6 Å². The maximum Gasteiger partial charge on any atom is 0.329 e. The van der Waals surface area contributed by atoms with Crippen molar-refractivity contribution in [3.05, 3.63) is 0 Å². The number of carbonyl (C=O) groups is 2. The molecule has 0 saturated heterocycles. The van der Waals surface area contributed by atoms with Crippen LogP contribution >= 0.6 is 0 Å². The summed E-state index contributed by atoms with van der Waals surface area (Å²) >= 11 is 0. The molecule has 2 aliphatic carbocycles. The standard InChI is InChI=1S/C14H24N2O3/c1-9-4-3-5-14(7-9,12(17)18)16-13(19)15-8-11-6-10(11)2/h9-11H,3-8H2,1-2H3,(H,17,18)(H2,15,16,19). The van der Waals surface area contributed by atoms with E-state index in [0.29, 0.717) is 37.1 Å². The van der Waals surface area contributed by atoms with Crippen LogP contribution in [0.4, 0.5) is 4.79 Å². The molecule has 2 rings (SSSR count). The Labute approximate surface area is 114 Å². The molecule has 2 amide bonds. The molecule has 5 heteroatoms. The van der Waals surface area contributed by atoms with Crippen LogP contribution in [0.1, 0.15) is 46.0 Å². The maximum absolute atomic E-state index is 11.9. The second kappa shape index (κ2) is 5.39. The third-order valence-corrected chi connectivity index (χ3v) is 4.56. The quantitative estimate of drug-likeness (QED) is 0.729. The normalized spacial score (nSPS) is 37.5. The Balaban J connectivity index is 1.88. The first-order valence-electron chi connectivity index (χ1n) is 7.22. The van der Waals surface area contributed by atoms with Crippen molar-refractivity contribution in [3.63, 3.8) is 0 Å². The third-order valence-electron chi connectivity index (χ3n) is 4.56. The van der Waals surface area contributed by atoms with Crippen molar-refractivity contribution >= 4 is 12.0 Å². The van der Waals surface area contributed by atoms with E-state index in [9.17, 15) is 14.7 Å². The van der Waals surface area contributed by atoms with Crippen molar-refractivity contribution in [2.24, 2.45) is 17.8 Å². The largest absolute Gasteiger partial charge is 0.480 e. The highest BCUT2D eigenvalue weighted by molar-refractivity contribution is 5.86. The number of nitrogens with one attached hydrogen (secondary N) is 2. The molecule has 108 valence electrons. The van der Waals surface area contributed by atoms with Crippen LogP contribution in [0.3, 0.4) is 0 Å². The van der Waals surface area contributed by atoms with Gasteiger partial charge in [0.2, 0.25) is 0 Å². The lowest BCUT2D eigenvalue weighted by molar-refractivity contribution is -0.146. The molecule has 0 bridgehead atoms. The fraction of sp³-hybridized carbons (Fsp3) is 0.857. The van der Waals surface area contributed by atoms with Crippen LogP contribution in [0.25, 0.3) is 0 Å². The van der Waals surface area contributed by atoms with Gasteiger partial charge in [0, 0.05) is 6.54 Å². The monoisotopic (exact) mass is 268 g/mol. The maximum atomic E-state index is 11.9. The molecule has 0 spiro atoms. The third kappa shape index (κ3) is 3.39. The zero-order valence-corrected chi connectivity index (χ0v) is 11.7. The lowest BCUT2D eigenvalue weighted by atomic mass is 9.76. The average molecular weight is 268 g/mol. The van der Waals surface area contributed by atoms with Gasteiger partial charge in [0.25, 0.3) is 0 Å². The average Bonchev–Trinajstić information content (AvgIpc) is 3.02. The SMILES string of the molecule is CC1CCCC(NC(=O)NCC2CC2C)(C(=O)O)C1. The zero-order valence-electron chi connectivity index (χ0n) is 11.7. The molecule has 4 atom stereocenters. The van der Waals surface area contributed by atoms with E-state index in [1.54, 1.807) is 0 Å². The van der Waals surface area contributed by atoms with E-state index < -0.39 is 11.5 Å². The summed E-state index contributed by atoms with van der Waals surface area (Å²) in [6, 6.07) is -0.337. The van der Waals surface area contributed by atoms with Gasteiger partial charge in [-0.3, -0.25) is 0 Å². The number of hydrogen-bond acceptors (Lipinski definition) is 2. The molecule has 5 nitrogen and oxygen atoms in total. The van der Waals surface area contributed by atoms with Gasteiger partial charge in [0.15, 0.2) is 0 Å². The minimum Gasteiger partial charge on any atom is -0.480 e. The molecule has 2 saturated carbocycles. The van der Waals surface area contributed by atoms with E-state index in [0.717, 1.165) is 19.3 Å². The fourth-order valence-corrected chi connectivity index (χ4v) is 3.08. The van der Waals surface area contributed by atoms with Gasteiger partial charge in [-0.25, -0.2) is 9.59 Å². The first-order valence-corrected chi connectivity index (χ1v) is 7.22. The number of aliphatic carboxylic acids is 1. The first-order chi connectivity index (χ1) is 8.93. The van der Waals surface area contributed by atoms with Crippen LogP contribution in [0.5, 0.6) is 0 Å². The predicted molar refractivity (Wildman–Crippen MR) is 71.8 cm³/mol. The first kappa shape index (κ1) is 14.2. The van der Waals surface area contributed by atoms with Gasteiger partial charge < -0.3 is 15.7 Å². The number of hydrogen-bond donors (Lipinski definition) is 3. The lowest BCUT2D eigenvalue weighted by Crippen LogP contribution is -2.59. The molecule has 4 unspecified atom stereocenters. The summed E-state index contributed by atoms with van der Waals surface area (Å²) in [5.74, 6) is 0.683. The Kier molecular flexibility index (Phi) is 4.02. The molecule has 2 aliphatic rings. The molecule has 19 heavy (non-hydrogen) atoms.